The van der Waals surface area contributed by atoms with E-state index in [9.17, 15) is 4.79 Å². The molecule has 152 valence electrons. The zero-order valence-corrected chi connectivity index (χ0v) is 18.0. The maximum absolute atomic E-state index is 11.5. The second-order valence-electron chi connectivity index (χ2n) is 8.62. The van der Waals surface area contributed by atoms with Crippen LogP contribution in [0.4, 0.5) is 0 Å². The summed E-state index contributed by atoms with van der Waals surface area (Å²) in [5.41, 5.74) is 3.65. The van der Waals surface area contributed by atoms with Crippen LogP contribution in [0.25, 0.3) is 6.08 Å². The van der Waals surface area contributed by atoms with Crippen molar-refractivity contribution in [2.75, 3.05) is 6.54 Å². The topological polar surface area (TPSA) is 47.6 Å². The summed E-state index contributed by atoms with van der Waals surface area (Å²) in [5.74, 6) is -0.0781. The molecule has 1 aliphatic rings. The first-order valence-corrected chi connectivity index (χ1v) is 10.1. The molecule has 1 fully saturated rings. The second kappa shape index (κ2) is 8.56. The molecule has 0 unspecified atom stereocenters. The normalized spacial score (nSPS) is 18.0. The Balaban J connectivity index is 1.79. The number of carbonyl (C=O) groups is 1. The Hall–Kier alpha value is -2.37. The molecule has 1 heterocycles. The highest BCUT2D eigenvalue weighted by Gasteiger charge is 2.52. The van der Waals surface area contributed by atoms with Crippen LogP contribution in [-0.2, 0) is 20.5 Å². The SMILES string of the molecule is CC(=O)NCC(=Cc1ccc(Cc2ccccc2)cc1)B1OC(C)(C)C(C)(C)O1. The molecule has 5 heteroatoms. The van der Waals surface area contributed by atoms with E-state index in [0.29, 0.717) is 6.54 Å². The van der Waals surface area contributed by atoms with Gasteiger partial charge in [-0.25, -0.2) is 0 Å². The Morgan fingerprint density at radius 2 is 1.48 bits per heavy atom. The summed E-state index contributed by atoms with van der Waals surface area (Å²) in [7, 11) is -0.490. The number of rotatable bonds is 6. The van der Waals surface area contributed by atoms with Gasteiger partial charge in [0.2, 0.25) is 5.91 Å². The van der Waals surface area contributed by atoms with E-state index in [-0.39, 0.29) is 5.91 Å². The van der Waals surface area contributed by atoms with Gasteiger partial charge in [0.1, 0.15) is 0 Å². The number of hydrogen-bond acceptors (Lipinski definition) is 3. The van der Waals surface area contributed by atoms with E-state index in [1.807, 2.05) is 39.8 Å². The van der Waals surface area contributed by atoms with E-state index in [1.165, 1.54) is 18.1 Å². The molecule has 29 heavy (non-hydrogen) atoms. The summed E-state index contributed by atoms with van der Waals surface area (Å²) in [5, 5.41) is 2.87. The summed E-state index contributed by atoms with van der Waals surface area (Å²) in [6.45, 7) is 10.0. The number of carbonyl (C=O) groups excluding carboxylic acids is 1. The molecule has 1 saturated heterocycles. The first-order valence-electron chi connectivity index (χ1n) is 10.1. The van der Waals surface area contributed by atoms with E-state index >= 15 is 0 Å². The van der Waals surface area contributed by atoms with Crippen LogP contribution in [0.5, 0.6) is 0 Å². The molecule has 1 amide bonds. The maximum atomic E-state index is 11.5. The zero-order valence-electron chi connectivity index (χ0n) is 18.0. The average molecular weight is 391 g/mol. The quantitative estimate of drug-likeness (QED) is 0.742. The van der Waals surface area contributed by atoms with Gasteiger partial charge in [0, 0.05) is 13.5 Å². The largest absolute Gasteiger partial charge is 0.492 e. The lowest BCUT2D eigenvalue weighted by Crippen LogP contribution is -2.41. The highest BCUT2D eigenvalue weighted by atomic mass is 16.7. The van der Waals surface area contributed by atoms with Crippen LogP contribution in [0.15, 0.2) is 60.1 Å². The van der Waals surface area contributed by atoms with Gasteiger partial charge in [0.25, 0.3) is 0 Å². The molecule has 0 aromatic heterocycles. The van der Waals surface area contributed by atoms with Crippen molar-refractivity contribution in [3.63, 3.8) is 0 Å². The zero-order chi connectivity index (χ0) is 21.1. The van der Waals surface area contributed by atoms with Gasteiger partial charge in [-0.3, -0.25) is 4.79 Å². The fourth-order valence-electron chi connectivity index (χ4n) is 3.20. The maximum Gasteiger partial charge on any atom is 0.492 e. The lowest BCUT2D eigenvalue weighted by atomic mass is 9.77. The minimum absolute atomic E-state index is 0.0781. The van der Waals surface area contributed by atoms with E-state index in [0.717, 1.165) is 17.5 Å². The fourth-order valence-corrected chi connectivity index (χ4v) is 3.20. The Morgan fingerprint density at radius 3 is 2.03 bits per heavy atom. The van der Waals surface area contributed by atoms with E-state index in [2.05, 4.69) is 53.8 Å². The van der Waals surface area contributed by atoms with Gasteiger partial charge < -0.3 is 14.6 Å². The molecule has 1 aliphatic heterocycles. The molecule has 2 aromatic rings. The third kappa shape index (κ3) is 5.37. The predicted molar refractivity (Wildman–Crippen MR) is 118 cm³/mol. The van der Waals surface area contributed by atoms with Gasteiger partial charge in [0.15, 0.2) is 0 Å². The summed E-state index contributed by atoms with van der Waals surface area (Å²) < 4.78 is 12.4. The van der Waals surface area contributed by atoms with Gasteiger partial charge >= 0.3 is 7.12 Å². The number of hydrogen-bond donors (Lipinski definition) is 1. The highest BCUT2D eigenvalue weighted by Crippen LogP contribution is 2.38. The molecule has 3 rings (SSSR count). The Morgan fingerprint density at radius 1 is 0.931 bits per heavy atom. The predicted octanol–water partition coefficient (Wildman–Crippen LogP) is 4.43. The summed E-state index contributed by atoms with van der Waals surface area (Å²) >= 11 is 0. The molecule has 4 nitrogen and oxygen atoms in total. The van der Waals surface area contributed by atoms with Crippen LogP contribution in [0.1, 0.15) is 51.3 Å². The molecule has 1 N–H and O–H groups in total. The van der Waals surface area contributed by atoms with Crippen molar-refractivity contribution in [2.45, 2.75) is 52.2 Å². The summed E-state index contributed by atoms with van der Waals surface area (Å²) in [6, 6.07) is 18.9. The summed E-state index contributed by atoms with van der Waals surface area (Å²) in [6.07, 6.45) is 2.95. The molecule has 0 saturated carbocycles. The highest BCUT2D eigenvalue weighted by molar-refractivity contribution is 6.56. The molecule has 0 atom stereocenters. The van der Waals surface area contributed by atoms with Crippen molar-refractivity contribution in [1.29, 1.82) is 0 Å². The molecule has 0 bridgehead atoms. The minimum Gasteiger partial charge on any atom is -0.400 e. The average Bonchev–Trinajstić information content (AvgIpc) is 2.88. The Bertz CT molecular complexity index is 857. The molecule has 0 aliphatic carbocycles. The van der Waals surface area contributed by atoms with E-state index in [4.69, 9.17) is 9.31 Å². The lowest BCUT2D eigenvalue weighted by molar-refractivity contribution is -0.118. The molecule has 0 radical (unpaired) electrons. The van der Waals surface area contributed by atoms with Crippen molar-refractivity contribution >= 4 is 19.1 Å². The van der Waals surface area contributed by atoms with Crippen LogP contribution in [0, 0.1) is 0 Å². The van der Waals surface area contributed by atoms with Gasteiger partial charge in [0.05, 0.1) is 11.2 Å². The van der Waals surface area contributed by atoms with Gasteiger partial charge in [-0.15, -0.1) is 0 Å². The Labute approximate surface area is 174 Å². The third-order valence-corrected chi connectivity index (χ3v) is 5.68. The van der Waals surface area contributed by atoms with Crippen LogP contribution >= 0.6 is 0 Å². The van der Waals surface area contributed by atoms with Crippen molar-refractivity contribution in [1.82, 2.24) is 5.32 Å². The lowest BCUT2D eigenvalue weighted by Gasteiger charge is -2.32. The van der Waals surface area contributed by atoms with Crippen molar-refractivity contribution in [3.8, 4) is 0 Å². The van der Waals surface area contributed by atoms with Crippen molar-refractivity contribution in [2.24, 2.45) is 0 Å². The van der Waals surface area contributed by atoms with E-state index in [1.54, 1.807) is 0 Å². The smallest absolute Gasteiger partial charge is 0.400 e. The van der Waals surface area contributed by atoms with Crippen LogP contribution < -0.4 is 5.32 Å². The molecular weight excluding hydrogens is 361 g/mol. The molecule has 2 aromatic carbocycles. The first kappa shape index (κ1) is 21.3. The van der Waals surface area contributed by atoms with Gasteiger partial charge in [-0.1, -0.05) is 60.7 Å². The summed E-state index contributed by atoms with van der Waals surface area (Å²) in [4.78, 5) is 11.5. The van der Waals surface area contributed by atoms with Gasteiger partial charge in [-0.05, 0) is 56.3 Å². The van der Waals surface area contributed by atoms with Crippen molar-refractivity contribution < 1.29 is 14.1 Å². The Kier molecular flexibility index (Phi) is 6.30. The van der Waals surface area contributed by atoms with Crippen LogP contribution in [0.3, 0.4) is 0 Å². The van der Waals surface area contributed by atoms with Crippen molar-refractivity contribution in [3.05, 3.63) is 76.8 Å². The number of amides is 1. The van der Waals surface area contributed by atoms with E-state index < -0.39 is 18.3 Å². The minimum atomic E-state index is -0.490. The van der Waals surface area contributed by atoms with Crippen LogP contribution in [-0.4, -0.2) is 30.8 Å². The molecular formula is C24H30BNO3. The molecule has 0 spiro atoms. The van der Waals surface area contributed by atoms with Gasteiger partial charge in [-0.2, -0.15) is 0 Å². The number of nitrogens with one attached hydrogen (secondary N) is 1. The third-order valence-electron chi connectivity index (χ3n) is 5.68. The standard InChI is InChI=1S/C24H30BNO3/c1-18(27)26-17-22(25-28-23(2,3)24(4,5)29-25)16-21-13-11-20(12-14-21)15-19-9-7-6-8-10-19/h6-14,16H,15,17H2,1-5H3,(H,26,27). The van der Waals surface area contributed by atoms with Crippen LogP contribution in [0.2, 0.25) is 0 Å². The fraction of sp³-hybridized carbons (Fsp3) is 0.375. The first-order chi connectivity index (χ1) is 13.7. The number of benzene rings is 2. The monoisotopic (exact) mass is 391 g/mol. The second-order valence-corrected chi connectivity index (χ2v) is 8.62.